The molecular formula is C12H19N3O3. The second kappa shape index (κ2) is 6.18. The number of nitrogens with one attached hydrogen (secondary N) is 1. The topological polar surface area (TPSA) is 84.2 Å². The Morgan fingerprint density at radius 3 is 2.67 bits per heavy atom. The molecule has 0 fully saturated rings. The molecule has 0 radical (unpaired) electrons. The molecule has 18 heavy (non-hydrogen) atoms. The summed E-state index contributed by atoms with van der Waals surface area (Å²) in [7, 11) is 1.73. The predicted octanol–water partition coefficient (Wildman–Crippen LogP) is 1.10. The van der Waals surface area contributed by atoms with E-state index < -0.39 is 12.0 Å². The van der Waals surface area contributed by atoms with Gasteiger partial charge in [0.05, 0.1) is 11.8 Å². The maximum atomic E-state index is 11.9. The number of hydrogen-bond acceptors (Lipinski definition) is 3. The summed E-state index contributed by atoms with van der Waals surface area (Å²) in [6, 6.07) is -0.836. The first-order chi connectivity index (χ1) is 8.47. The molecule has 0 saturated heterocycles. The minimum atomic E-state index is -1.00. The molecule has 1 aromatic heterocycles. The van der Waals surface area contributed by atoms with Crippen molar-refractivity contribution in [3.05, 3.63) is 17.5 Å². The van der Waals surface area contributed by atoms with Crippen LogP contribution in [0.15, 0.2) is 6.20 Å². The number of carboxylic acids is 1. The molecule has 1 atom stereocenters. The third-order valence-corrected chi connectivity index (χ3v) is 2.93. The number of aromatic nitrogens is 2. The highest BCUT2D eigenvalue weighted by molar-refractivity contribution is 5.97. The summed E-state index contributed by atoms with van der Waals surface area (Å²) in [6.07, 6.45) is 3.55. The van der Waals surface area contributed by atoms with Crippen molar-refractivity contribution in [2.45, 2.75) is 39.2 Å². The monoisotopic (exact) mass is 253 g/mol. The molecule has 1 aromatic rings. The molecule has 1 amide bonds. The van der Waals surface area contributed by atoms with Crippen LogP contribution in [0.3, 0.4) is 0 Å². The number of carbonyl (C=O) groups excluding carboxylic acids is 1. The quantitative estimate of drug-likeness (QED) is 0.795. The average Bonchev–Trinajstić information content (AvgIpc) is 2.65. The number of unbranched alkanes of at least 4 members (excludes halogenated alkanes) is 1. The summed E-state index contributed by atoms with van der Waals surface area (Å²) in [5.74, 6) is -1.39. The first-order valence-corrected chi connectivity index (χ1v) is 5.99. The Morgan fingerprint density at radius 2 is 2.22 bits per heavy atom. The van der Waals surface area contributed by atoms with E-state index in [-0.39, 0.29) is 5.91 Å². The van der Waals surface area contributed by atoms with E-state index in [2.05, 4.69) is 10.4 Å². The number of amides is 1. The Bertz CT molecular complexity index is 440. The van der Waals surface area contributed by atoms with E-state index >= 15 is 0 Å². The SMILES string of the molecule is CCCCC(NC(=O)c1cnn(C)c1C)C(=O)O. The second-order valence-electron chi connectivity index (χ2n) is 4.27. The van der Waals surface area contributed by atoms with Gasteiger partial charge in [-0.15, -0.1) is 0 Å². The molecule has 0 aliphatic rings. The molecule has 6 heteroatoms. The van der Waals surface area contributed by atoms with Gasteiger partial charge in [-0.1, -0.05) is 19.8 Å². The van der Waals surface area contributed by atoms with Crippen molar-refractivity contribution in [1.29, 1.82) is 0 Å². The van der Waals surface area contributed by atoms with Gasteiger partial charge in [0.2, 0.25) is 0 Å². The van der Waals surface area contributed by atoms with Crippen molar-refractivity contribution in [2.75, 3.05) is 0 Å². The number of aryl methyl sites for hydroxylation is 1. The molecule has 1 rings (SSSR count). The van der Waals surface area contributed by atoms with Gasteiger partial charge in [0.1, 0.15) is 6.04 Å². The zero-order valence-corrected chi connectivity index (χ0v) is 10.9. The number of carboxylic acid groups (broad SMARTS) is 1. The zero-order chi connectivity index (χ0) is 13.7. The van der Waals surface area contributed by atoms with Gasteiger partial charge in [-0.05, 0) is 13.3 Å². The lowest BCUT2D eigenvalue weighted by Crippen LogP contribution is -2.40. The van der Waals surface area contributed by atoms with Crippen LogP contribution in [0.1, 0.15) is 42.2 Å². The Balaban J connectivity index is 2.72. The van der Waals surface area contributed by atoms with Gasteiger partial charge in [0, 0.05) is 12.7 Å². The fourth-order valence-electron chi connectivity index (χ4n) is 1.62. The zero-order valence-electron chi connectivity index (χ0n) is 10.9. The predicted molar refractivity (Wildman–Crippen MR) is 66.4 cm³/mol. The Labute approximate surface area is 106 Å². The highest BCUT2D eigenvalue weighted by Crippen LogP contribution is 2.07. The largest absolute Gasteiger partial charge is 0.480 e. The molecule has 1 heterocycles. The molecule has 0 aliphatic heterocycles. The van der Waals surface area contributed by atoms with Gasteiger partial charge in [0.15, 0.2) is 0 Å². The van der Waals surface area contributed by atoms with Gasteiger partial charge in [-0.3, -0.25) is 9.48 Å². The van der Waals surface area contributed by atoms with Crippen LogP contribution in [0, 0.1) is 6.92 Å². The summed E-state index contributed by atoms with van der Waals surface area (Å²) in [5, 5.41) is 15.5. The van der Waals surface area contributed by atoms with E-state index in [9.17, 15) is 9.59 Å². The average molecular weight is 253 g/mol. The van der Waals surface area contributed by atoms with E-state index in [0.29, 0.717) is 17.7 Å². The minimum absolute atomic E-state index is 0.385. The van der Waals surface area contributed by atoms with E-state index in [1.165, 1.54) is 6.20 Å². The van der Waals surface area contributed by atoms with Crippen LogP contribution in [0.5, 0.6) is 0 Å². The first-order valence-electron chi connectivity index (χ1n) is 5.99. The first kappa shape index (κ1) is 14.2. The number of rotatable bonds is 6. The van der Waals surface area contributed by atoms with Crippen LogP contribution < -0.4 is 5.32 Å². The van der Waals surface area contributed by atoms with E-state index in [1.807, 2.05) is 6.92 Å². The third-order valence-electron chi connectivity index (χ3n) is 2.93. The molecule has 100 valence electrons. The van der Waals surface area contributed by atoms with E-state index in [0.717, 1.165) is 12.8 Å². The number of carbonyl (C=O) groups is 2. The fraction of sp³-hybridized carbons (Fsp3) is 0.583. The van der Waals surface area contributed by atoms with Crippen molar-refractivity contribution >= 4 is 11.9 Å². The molecule has 0 spiro atoms. The number of aliphatic carboxylic acids is 1. The molecular weight excluding hydrogens is 234 g/mol. The van der Waals surface area contributed by atoms with Gasteiger partial charge in [0.25, 0.3) is 5.91 Å². The van der Waals surface area contributed by atoms with Crippen molar-refractivity contribution in [1.82, 2.24) is 15.1 Å². The normalized spacial score (nSPS) is 12.2. The summed E-state index contributed by atoms with van der Waals surface area (Å²) >= 11 is 0. The summed E-state index contributed by atoms with van der Waals surface area (Å²) < 4.78 is 1.58. The highest BCUT2D eigenvalue weighted by atomic mass is 16.4. The summed E-state index contributed by atoms with van der Waals surface area (Å²) in [5.41, 5.74) is 1.13. The molecule has 0 bridgehead atoms. The van der Waals surface area contributed by atoms with Crippen molar-refractivity contribution in [3.63, 3.8) is 0 Å². The maximum absolute atomic E-state index is 11.9. The minimum Gasteiger partial charge on any atom is -0.480 e. The summed E-state index contributed by atoms with van der Waals surface area (Å²) in [4.78, 5) is 23.0. The summed E-state index contributed by atoms with van der Waals surface area (Å²) in [6.45, 7) is 3.75. The van der Waals surface area contributed by atoms with Gasteiger partial charge in [-0.2, -0.15) is 5.10 Å². The standard InChI is InChI=1S/C12H19N3O3/c1-4-5-6-10(12(17)18)14-11(16)9-7-13-15(3)8(9)2/h7,10H,4-6H2,1-3H3,(H,14,16)(H,17,18). The highest BCUT2D eigenvalue weighted by Gasteiger charge is 2.21. The van der Waals surface area contributed by atoms with Crippen LogP contribution >= 0.6 is 0 Å². The molecule has 0 aromatic carbocycles. The molecule has 2 N–H and O–H groups in total. The molecule has 6 nitrogen and oxygen atoms in total. The Kier molecular flexibility index (Phi) is 4.88. The smallest absolute Gasteiger partial charge is 0.326 e. The third kappa shape index (κ3) is 3.32. The van der Waals surface area contributed by atoms with Crippen molar-refractivity contribution < 1.29 is 14.7 Å². The maximum Gasteiger partial charge on any atom is 0.326 e. The van der Waals surface area contributed by atoms with Gasteiger partial charge in [-0.25, -0.2) is 4.79 Å². The van der Waals surface area contributed by atoms with Crippen LogP contribution in [0.2, 0.25) is 0 Å². The number of hydrogen-bond donors (Lipinski definition) is 2. The van der Waals surface area contributed by atoms with Crippen LogP contribution in [0.25, 0.3) is 0 Å². The lowest BCUT2D eigenvalue weighted by molar-refractivity contribution is -0.139. The molecule has 0 saturated carbocycles. The Morgan fingerprint density at radius 1 is 1.56 bits per heavy atom. The van der Waals surface area contributed by atoms with Gasteiger partial charge < -0.3 is 10.4 Å². The van der Waals surface area contributed by atoms with Crippen molar-refractivity contribution in [3.8, 4) is 0 Å². The van der Waals surface area contributed by atoms with E-state index in [4.69, 9.17) is 5.11 Å². The van der Waals surface area contributed by atoms with Crippen LogP contribution in [-0.2, 0) is 11.8 Å². The van der Waals surface area contributed by atoms with Crippen LogP contribution in [-0.4, -0.2) is 32.8 Å². The second-order valence-corrected chi connectivity index (χ2v) is 4.27. The molecule has 0 aliphatic carbocycles. The van der Waals surface area contributed by atoms with Gasteiger partial charge >= 0.3 is 5.97 Å². The Hall–Kier alpha value is -1.85. The van der Waals surface area contributed by atoms with E-state index in [1.54, 1.807) is 18.7 Å². The lowest BCUT2D eigenvalue weighted by atomic mass is 10.1. The number of nitrogens with zero attached hydrogens (tertiary/aromatic N) is 2. The lowest BCUT2D eigenvalue weighted by Gasteiger charge is -2.13. The van der Waals surface area contributed by atoms with Crippen LogP contribution in [0.4, 0.5) is 0 Å². The molecule has 1 unspecified atom stereocenters. The van der Waals surface area contributed by atoms with Crippen molar-refractivity contribution in [2.24, 2.45) is 7.05 Å². The fourth-order valence-corrected chi connectivity index (χ4v) is 1.62.